The van der Waals surface area contributed by atoms with Gasteiger partial charge in [-0.15, -0.1) is 11.3 Å². The Morgan fingerprint density at radius 3 is 2.48 bits per heavy atom. The molecule has 2 aromatic carbocycles. The van der Waals surface area contributed by atoms with Gasteiger partial charge < -0.3 is 9.80 Å². The molecule has 0 radical (unpaired) electrons. The molecule has 1 saturated heterocycles. The van der Waals surface area contributed by atoms with E-state index in [4.69, 9.17) is 0 Å². The van der Waals surface area contributed by atoms with Crippen LogP contribution in [-0.4, -0.2) is 53.5 Å². The third kappa shape index (κ3) is 6.00. The quantitative estimate of drug-likeness (QED) is 0.343. The molecule has 2 heterocycles. The van der Waals surface area contributed by atoms with Crippen molar-refractivity contribution in [3.05, 3.63) is 76.5 Å². The van der Waals surface area contributed by atoms with Gasteiger partial charge in [-0.25, -0.2) is 9.37 Å². The number of nitrogens with zero attached hydrogens (tertiary/aromatic N) is 3. The summed E-state index contributed by atoms with van der Waals surface area (Å²) in [6.45, 7) is 4.41. The monoisotopic (exact) mass is 483 g/mol. The van der Waals surface area contributed by atoms with Crippen molar-refractivity contribution in [1.82, 2.24) is 9.88 Å². The van der Waals surface area contributed by atoms with Crippen molar-refractivity contribution in [3.63, 3.8) is 0 Å². The maximum atomic E-state index is 14.0. The van der Waals surface area contributed by atoms with Crippen molar-refractivity contribution < 1.29 is 14.0 Å². The highest BCUT2D eigenvalue weighted by Gasteiger charge is 2.23. The molecule has 1 aromatic heterocycles. The van der Waals surface area contributed by atoms with Crippen LogP contribution in [-0.2, 0) is 17.6 Å². The predicted molar refractivity (Wildman–Crippen MR) is 132 cm³/mol. The average molecular weight is 484 g/mol. The fraction of sp³-hybridized carbons (Fsp3) is 0.320. The van der Waals surface area contributed by atoms with E-state index < -0.39 is 0 Å². The van der Waals surface area contributed by atoms with Gasteiger partial charge >= 0.3 is 0 Å². The summed E-state index contributed by atoms with van der Waals surface area (Å²) < 4.78 is 14.8. The molecule has 5 nitrogen and oxygen atoms in total. The molecule has 0 N–H and O–H groups in total. The van der Waals surface area contributed by atoms with Crippen LogP contribution in [0, 0.1) is 5.82 Å². The van der Waals surface area contributed by atoms with Gasteiger partial charge in [0, 0.05) is 37.1 Å². The van der Waals surface area contributed by atoms with E-state index in [1.54, 1.807) is 12.1 Å². The molecule has 172 valence electrons. The fourth-order valence-electron chi connectivity index (χ4n) is 3.74. The zero-order valence-corrected chi connectivity index (χ0v) is 20.1. The Labute approximate surface area is 201 Å². The minimum atomic E-state index is -0.235. The van der Waals surface area contributed by atoms with Crippen molar-refractivity contribution >= 4 is 40.5 Å². The second-order valence-corrected chi connectivity index (χ2v) is 9.94. The Kier molecular flexibility index (Phi) is 7.77. The number of ketones is 1. The number of thiazole rings is 1. The summed E-state index contributed by atoms with van der Waals surface area (Å²) in [5, 5.41) is 1.89. The highest BCUT2D eigenvalue weighted by molar-refractivity contribution is 8.01. The van der Waals surface area contributed by atoms with Crippen LogP contribution < -0.4 is 4.90 Å². The molecule has 0 spiro atoms. The summed E-state index contributed by atoms with van der Waals surface area (Å²) in [7, 11) is 0. The van der Waals surface area contributed by atoms with E-state index in [0.717, 1.165) is 16.5 Å². The second kappa shape index (κ2) is 10.9. The number of piperazine rings is 1. The fourth-order valence-corrected chi connectivity index (χ4v) is 5.48. The number of halogens is 1. The van der Waals surface area contributed by atoms with Crippen molar-refractivity contribution in [2.24, 2.45) is 0 Å². The summed E-state index contributed by atoms with van der Waals surface area (Å²) in [5.41, 5.74) is 3.23. The molecule has 3 aromatic rings. The molecule has 33 heavy (non-hydrogen) atoms. The van der Waals surface area contributed by atoms with Crippen molar-refractivity contribution in [3.8, 4) is 0 Å². The lowest BCUT2D eigenvalue weighted by atomic mass is 10.1. The maximum absolute atomic E-state index is 14.0. The van der Waals surface area contributed by atoms with Crippen LogP contribution in [0.5, 0.6) is 0 Å². The average Bonchev–Trinajstić information content (AvgIpc) is 3.30. The Morgan fingerprint density at radius 2 is 1.79 bits per heavy atom. The van der Waals surface area contributed by atoms with Crippen LogP contribution >= 0.6 is 23.1 Å². The lowest BCUT2D eigenvalue weighted by Gasteiger charge is -2.36. The van der Waals surface area contributed by atoms with E-state index in [0.29, 0.717) is 43.2 Å². The van der Waals surface area contributed by atoms with Crippen molar-refractivity contribution in [2.45, 2.75) is 24.1 Å². The summed E-state index contributed by atoms with van der Waals surface area (Å²) in [5.74, 6) is 0.186. The third-order valence-corrected chi connectivity index (χ3v) is 7.77. The first-order chi connectivity index (χ1) is 16.0. The molecule has 0 unspecified atom stereocenters. The highest BCUT2D eigenvalue weighted by Crippen LogP contribution is 2.25. The van der Waals surface area contributed by atoms with Crippen LogP contribution in [0.3, 0.4) is 0 Å². The minimum absolute atomic E-state index is 0.0251. The maximum Gasteiger partial charge on any atom is 0.228 e. The molecule has 1 aliphatic heterocycles. The van der Waals surface area contributed by atoms with E-state index >= 15 is 0 Å². The first kappa shape index (κ1) is 23.4. The number of aryl methyl sites for hydroxylation is 1. The number of hydrogen-bond donors (Lipinski definition) is 0. The number of para-hydroxylation sites is 1. The number of rotatable bonds is 8. The molecule has 0 bridgehead atoms. The van der Waals surface area contributed by atoms with Gasteiger partial charge in [0.05, 0.1) is 23.6 Å². The van der Waals surface area contributed by atoms with Gasteiger partial charge in [0.25, 0.3) is 0 Å². The summed E-state index contributed by atoms with van der Waals surface area (Å²) in [6.07, 6.45) is 1.19. The third-order valence-electron chi connectivity index (χ3n) is 5.70. The normalized spacial score (nSPS) is 13.9. The van der Waals surface area contributed by atoms with Gasteiger partial charge in [-0.2, -0.15) is 0 Å². The van der Waals surface area contributed by atoms with Crippen molar-refractivity contribution in [2.75, 3.05) is 36.8 Å². The van der Waals surface area contributed by atoms with Crippen LogP contribution in [0.1, 0.15) is 28.5 Å². The number of hydrogen-bond acceptors (Lipinski definition) is 6. The van der Waals surface area contributed by atoms with E-state index in [1.807, 2.05) is 45.5 Å². The number of anilines is 1. The summed E-state index contributed by atoms with van der Waals surface area (Å²) in [4.78, 5) is 33.5. The van der Waals surface area contributed by atoms with E-state index in [-0.39, 0.29) is 23.9 Å². The van der Waals surface area contributed by atoms with Crippen LogP contribution in [0.25, 0.3) is 0 Å². The molecule has 0 saturated carbocycles. The number of aromatic nitrogens is 1. The molecule has 0 aliphatic carbocycles. The zero-order valence-electron chi connectivity index (χ0n) is 18.5. The molecule has 1 amide bonds. The second-order valence-electron chi connectivity index (χ2n) is 7.86. The van der Waals surface area contributed by atoms with Crippen molar-refractivity contribution in [1.29, 1.82) is 0 Å². The first-order valence-electron chi connectivity index (χ1n) is 11.0. The Hall–Kier alpha value is -2.71. The van der Waals surface area contributed by atoms with Gasteiger partial charge in [-0.3, -0.25) is 9.59 Å². The Balaban J connectivity index is 1.25. The Morgan fingerprint density at radius 1 is 1.06 bits per heavy atom. The summed E-state index contributed by atoms with van der Waals surface area (Å²) in [6, 6.07) is 14.5. The summed E-state index contributed by atoms with van der Waals surface area (Å²) >= 11 is 2.87. The number of amides is 1. The zero-order chi connectivity index (χ0) is 23.2. The van der Waals surface area contributed by atoms with Gasteiger partial charge in [0.1, 0.15) is 5.82 Å². The predicted octanol–water partition coefficient (Wildman–Crippen LogP) is 4.71. The molecular weight excluding hydrogens is 457 g/mol. The van der Waals surface area contributed by atoms with E-state index in [1.165, 1.54) is 34.7 Å². The first-order valence-corrected chi connectivity index (χ1v) is 12.9. The molecule has 8 heteroatoms. The van der Waals surface area contributed by atoms with Gasteiger partial charge in [0.2, 0.25) is 5.91 Å². The number of thioether (sulfide) groups is 1. The smallest absolute Gasteiger partial charge is 0.228 e. The number of carbonyl (C=O) groups is 2. The number of benzene rings is 2. The van der Waals surface area contributed by atoms with Gasteiger partial charge in [-0.1, -0.05) is 55.1 Å². The van der Waals surface area contributed by atoms with E-state index in [2.05, 4.69) is 11.9 Å². The minimum Gasteiger partial charge on any atom is -0.366 e. The van der Waals surface area contributed by atoms with Crippen LogP contribution in [0.15, 0.2) is 58.3 Å². The number of Topliss-reactive ketones (excluding diaryl/α,β-unsaturated/α-hetero) is 1. The highest BCUT2D eigenvalue weighted by atomic mass is 32.2. The van der Waals surface area contributed by atoms with E-state index in [9.17, 15) is 14.0 Å². The molecule has 4 rings (SSSR count). The van der Waals surface area contributed by atoms with Gasteiger partial charge in [-0.05, 0) is 24.1 Å². The molecule has 0 atom stereocenters. The van der Waals surface area contributed by atoms with Crippen LogP contribution in [0.2, 0.25) is 0 Å². The largest absolute Gasteiger partial charge is 0.366 e. The topological polar surface area (TPSA) is 53.5 Å². The SMILES string of the molecule is CCc1ccc(C(=O)CSc2nc(CC(=O)N3CCN(c4ccccc4F)CC3)cs2)cc1. The molecular formula is C25H26FN3O2S2. The van der Waals surface area contributed by atoms with Gasteiger partial charge in [0.15, 0.2) is 10.1 Å². The molecule has 1 fully saturated rings. The lowest BCUT2D eigenvalue weighted by Crippen LogP contribution is -2.49. The molecule has 1 aliphatic rings. The lowest BCUT2D eigenvalue weighted by molar-refractivity contribution is -0.130. The Bertz CT molecular complexity index is 1110. The number of carbonyl (C=O) groups excluding carboxylic acids is 2. The van der Waals surface area contributed by atoms with Crippen LogP contribution in [0.4, 0.5) is 10.1 Å². The standard InChI is InChI=1S/C25H26FN3O2S2/c1-2-18-7-9-19(10-8-18)23(30)17-33-25-27-20(16-32-25)15-24(31)29-13-11-28(12-14-29)22-6-4-3-5-21(22)26/h3-10,16H,2,11-15,17H2,1H3.